The molecule has 0 saturated carbocycles. The zero-order chi connectivity index (χ0) is 23.2. The maximum absolute atomic E-state index is 13.0. The average molecular weight is 451 g/mol. The Balaban J connectivity index is 1.28. The van der Waals surface area contributed by atoms with E-state index in [9.17, 15) is 9.18 Å². The summed E-state index contributed by atoms with van der Waals surface area (Å²) in [4.78, 5) is 29.6. The van der Waals surface area contributed by atoms with Crippen LogP contribution >= 0.6 is 0 Å². The van der Waals surface area contributed by atoms with Gasteiger partial charge in [0.15, 0.2) is 0 Å². The lowest BCUT2D eigenvalue weighted by Gasteiger charge is -2.33. The fourth-order valence-corrected chi connectivity index (χ4v) is 3.64. The van der Waals surface area contributed by atoms with E-state index in [4.69, 9.17) is 5.73 Å². The van der Waals surface area contributed by atoms with Crippen molar-refractivity contribution in [3.05, 3.63) is 65.7 Å². The molecule has 172 valence electrons. The van der Waals surface area contributed by atoms with Crippen LogP contribution in [0.25, 0.3) is 0 Å². The normalized spacial score (nSPS) is 14.7. The van der Waals surface area contributed by atoms with Gasteiger partial charge in [0, 0.05) is 37.6 Å². The standard InChI is InChI=1S/C23H27FN8O/c1-16-4-2-3-5-19(16)27-23-29-20(28-22(25)30-23)14-31-10-12-32(13-11-31)15-21(33)26-18-8-6-17(24)7-9-18/h2-9H,10-15H2,1H3,(H,26,33)(H3,25,27,28,29,30). The Bertz CT molecular complexity index is 1100. The summed E-state index contributed by atoms with van der Waals surface area (Å²) in [6.45, 7) is 5.87. The quantitative estimate of drug-likeness (QED) is 0.503. The van der Waals surface area contributed by atoms with Gasteiger partial charge in [0.05, 0.1) is 13.1 Å². The molecule has 1 amide bonds. The molecule has 1 aliphatic heterocycles. The monoisotopic (exact) mass is 450 g/mol. The molecule has 2 aromatic carbocycles. The number of nitrogens with one attached hydrogen (secondary N) is 2. The number of halogens is 1. The first-order valence-corrected chi connectivity index (χ1v) is 10.8. The van der Waals surface area contributed by atoms with E-state index < -0.39 is 0 Å². The van der Waals surface area contributed by atoms with E-state index in [1.165, 1.54) is 12.1 Å². The number of hydrogen-bond acceptors (Lipinski definition) is 8. The maximum atomic E-state index is 13.0. The maximum Gasteiger partial charge on any atom is 0.238 e. The average Bonchev–Trinajstić information content (AvgIpc) is 2.78. The number of nitrogens with zero attached hydrogens (tertiary/aromatic N) is 5. The van der Waals surface area contributed by atoms with Crippen molar-refractivity contribution in [3.8, 4) is 0 Å². The number of nitrogen functional groups attached to an aromatic ring is 1. The van der Waals surface area contributed by atoms with Crippen LogP contribution in [-0.4, -0.2) is 63.4 Å². The minimum Gasteiger partial charge on any atom is -0.368 e. The van der Waals surface area contributed by atoms with Gasteiger partial charge >= 0.3 is 0 Å². The summed E-state index contributed by atoms with van der Waals surface area (Å²) in [5.41, 5.74) is 8.50. The van der Waals surface area contributed by atoms with Crippen molar-refractivity contribution in [2.24, 2.45) is 0 Å². The molecule has 0 atom stereocenters. The largest absolute Gasteiger partial charge is 0.368 e. The highest BCUT2D eigenvalue weighted by atomic mass is 19.1. The highest BCUT2D eigenvalue weighted by Crippen LogP contribution is 2.18. The van der Waals surface area contributed by atoms with Crippen LogP contribution < -0.4 is 16.4 Å². The van der Waals surface area contributed by atoms with E-state index in [0.29, 0.717) is 24.0 Å². The SMILES string of the molecule is Cc1ccccc1Nc1nc(N)nc(CN2CCN(CC(=O)Nc3ccc(F)cc3)CC2)n1. The second-order valence-electron chi connectivity index (χ2n) is 7.98. The van der Waals surface area contributed by atoms with Crippen LogP contribution in [0.15, 0.2) is 48.5 Å². The molecule has 10 heteroatoms. The van der Waals surface area contributed by atoms with E-state index >= 15 is 0 Å². The number of anilines is 4. The van der Waals surface area contributed by atoms with Crippen LogP contribution in [0.3, 0.4) is 0 Å². The molecule has 1 aromatic heterocycles. The van der Waals surface area contributed by atoms with Gasteiger partial charge in [-0.15, -0.1) is 0 Å². The van der Waals surface area contributed by atoms with Gasteiger partial charge in [0.1, 0.15) is 11.6 Å². The first kappa shape index (κ1) is 22.6. The van der Waals surface area contributed by atoms with Crippen molar-refractivity contribution in [1.29, 1.82) is 0 Å². The van der Waals surface area contributed by atoms with Gasteiger partial charge in [-0.3, -0.25) is 14.6 Å². The minimum absolute atomic E-state index is 0.118. The van der Waals surface area contributed by atoms with Crippen LogP contribution in [0.5, 0.6) is 0 Å². The van der Waals surface area contributed by atoms with Gasteiger partial charge < -0.3 is 16.4 Å². The van der Waals surface area contributed by atoms with Gasteiger partial charge in [0.25, 0.3) is 0 Å². The lowest BCUT2D eigenvalue weighted by atomic mass is 10.2. The molecule has 1 fully saturated rings. The molecule has 0 aliphatic carbocycles. The molecule has 0 bridgehead atoms. The number of nitrogens with two attached hydrogens (primary N) is 1. The molecule has 0 unspecified atom stereocenters. The Morgan fingerprint density at radius 2 is 1.70 bits per heavy atom. The highest BCUT2D eigenvalue weighted by Gasteiger charge is 2.20. The predicted molar refractivity (Wildman–Crippen MR) is 125 cm³/mol. The molecule has 33 heavy (non-hydrogen) atoms. The second kappa shape index (κ2) is 10.3. The van der Waals surface area contributed by atoms with Crippen molar-refractivity contribution >= 4 is 29.2 Å². The number of aryl methyl sites for hydroxylation is 1. The molecule has 1 saturated heterocycles. The molecule has 4 N–H and O–H groups in total. The molecule has 9 nitrogen and oxygen atoms in total. The molecule has 3 aromatic rings. The highest BCUT2D eigenvalue weighted by molar-refractivity contribution is 5.92. The number of carbonyl (C=O) groups is 1. The van der Waals surface area contributed by atoms with Gasteiger partial charge in [-0.05, 0) is 42.8 Å². The number of para-hydroxylation sites is 1. The molecule has 1 aliphatic rings. The molecule has 4 rings (SSSR count). The molecular weight excluding hydrogens is 423 g/mol. The van der Waals surface area contributed by atoms with Crippen LogP contribution in [0.2, 0.25) is 0 Å². The van der Waals surface area contributed by atoms with Crippen molar-refractivity contribution in [3.63, 3.8) is 0 Å². The van der Waals surface area contributed by atoms with Crippen LogP contribution in [0.4, 0.5) is 27.7 Å². The third kappa shape index (κ3) is 6.43. The van der Waals surface area contributed by atoms with Crippen molar-refractivity contribution in [1.82, 2.24) is 24.8 Å². The molecule has 0 radical (unpaired) electrons. The predicted octanol–water partition coefficient (Wildman–Crippen LogP) is 2.40. The van der Waals surface area contributed by atoms with Crippen molar-refractivity contribution < 1.29 is 9.18 Å². The summed E-state index contributed by atoms with van der Waals surface area (Å²) in [6, 6.07) is 13.6. The van der Waals surface area contributed by atoms with Crippen LogP contribution in [-0.2, 0) is 11.3 Å². The summed E-state index contributed by atoms with van der Waals surface area (Å²) in [5.74, 6) is 0.741. The number of benzene rings is 2. The zero-order valence-corrected chi connectivity index (χ0v) is 18.5. The summed E-state index contributed by atoms with van der Waals surface area (Å²) < 4.78 is 13.0. The van der Waals surface area contributed by atoms with Gasteiger partial charge in [-0.1, -0.05) is 18.2 Å². The smallest absolute Gasteiger partial charge is 0.238 e. The summed E-state index contributed by atoms with van der Waals surface area (Å²) in [5, 5.41) is 6.00. The fraction of sp³-hybridized carbons (Fsp3) is 0.304. The van der Waals surface area contributed by atoms with E-state index in [2.05, 4.69) is 35.4 Å². The van der Waals surface area contributed by atoms with Crippen LogP contribution in [0, 0.1) is 12.7 Å². The lowest BCUT2D eigenvalue weighted by molar-refractivity contribution is -0.117. The fourth-order valence-electron chi connectivity index (χ4n) is 3.64. The van der Waals surface area contributed by atoms with Crippen molar-refractivity contribution in [2.45, 2.75) is 13.5 Å². The van der Waals surface area contributed by atoms with Gasteiger partial charge in [0.2, 0.25) is 17.8 Å². The Labute approximate surface area is 191 Å². The molecule has 2 heterocycles. The number of rotatable bonds is 7. The number of hydrogen-bond donors (Lipinski definition) is 3. The number of carbonyl (C=O) groups excluding carboxylic acids is 1. The van der Waals surface area contributed by atoms with Gasteiger partial charge in [-0.25, -0.2) is 4.39 Å². The summed E-state index contributed by atoms with van der Waals surface area (Å²) in [7, 11) is 0. The van der Waals surface area contributed by atoms with Crippen molar-refractivity contribution in [2.75, 3.05) is 49.1 Å². The summed E-state index contributed by atoms with van der Waals surface area (Å²) in [6.07, 6.45) is 0. The van der Waals surface area contributed by atoms with E-state index in [1.807, 2.05) is 31.2 Å². The van der Waals surface area contributed by atoms with E-state index in [1.54, 1.807) is 12.1 Å². The Morgan fingerprint density at radius 1 is 1.00 bits per heavy atom. The Kier molecular flexibility index (Phi) is 7.06. The van der Waals surface area contributed by atoms with Gasteiger partial charge in [-0.2, -0.15) is 15.0 Å². The number of amides is 1. The second-order valence-corrected chi connectivity index (χ2v) is 7.98. The molecule has 0 spiro atoms. The summed E-state index contributed by atoms with van der Waals surface area (Å²) >= 11 is 0. The lowest BCUT2D eigenvalue weighted by Crippen LogP contribution is -2.48. The zero-order valence-electron chi connectivity index (χ0n) is 18.5. The Hall–Kier alpha value is -3.63. The Morgan fingerprint density at radius 3 is 2.42 bits per heavy atom. The third-order valence-electron chi connectivity index (χ3n) is 5.42. The first-order valence-electron chi connectivity index (χ1n) is 10.8. The topological polar surface area (TPSA) is 112 Å². The number of piperazine rings is 1. The van der Waals surface area contributed by atoms with Crippen LogP contribution in [0.1, 0.15) is 11.4 Å². The minimum atomic E-state index is -0.331. The molecular formula is C23H27FN8O. The number of aromatic nitrogens is 3. The van der Waals surface area contributed by atoms with E-state index in [0.717, 1.165) is 37.4 Å². The van der Waals surface area contributed by atoms with E-state index in [-0.39, 0.29) is 24.2 Å². The first-order chi connectivity index (χ1) is 15.9. The third-order valence-corrected chi connectivity index (χ3v) is 5.42.